The van der Waals surface area contributed by atoms with Crippen molar-refractivity contribution in [2.45, 2.75) is 52.9 Å². The van der Waals surface area contributed by atoms with Gasteiger partial charge in [0.15, 0.2) is 0 Å². The highest BCUT2D eigenvalue weighted by atomic mass is 35.5. The zero-order valence-electron chi connectivity index (χ0n) is 24.3. The van der Waals surface area contributed by atoms with E-state index in [-0.39, 0.29) is 30.3 Å². The molecule has 41 heavy (non-hydrogen) atoms. The second-order valence-electron chi connectivity index (χ2n) is 10.7. The summed E-state index contributed by atoms with van der Waals surface area (Å²) in [6.07, 6.45) is 0.708. The zero-order chi connectivity index (χ0) is 29.5. The molecule has 3 aromatic carbocycles. The van der Waals surface area contributed by atoms with Crippen molar-refractivity contribution in [3.05, 3.63) is 95.0 Å². The molecule has 1 heterocycles. The van der Waals surface area contributed by atoms with E-state index in [1.165, 1.54) is 0 Å². The number of hydrogen-bond acceptors (Lipinski definition) is 3. The van der Waals surface area contributed by atoms with Crippen LogP contribution in [0.1, 0.15) is 64.0 Å². The molecule has 0 unspecified atom stereocenters. The molecule has 0 spiro atoms. The first-order chi connectivity index (χ1) is 19.7. The quantitative estimate of drug-likeness (QED) is 0.201. The third-order valence-electron chi connectivity index (χ3n) is 6.85. The Hall–Kier alpha value is -4.10. The van der Waals surface area contributed by atoms with E-state index >= 15 is 0 Å². The molecule has 0 saturated carbocycles. The first-order valence-electron chi connectivity index (χ1n) is 14.1. The summed E-state index contributed by atoms with van der Waals surface area (Å²) < 4.78 is 1.63. The van der Waals surface area contributed by atoms with Gasteiger partial charge in [-0.15, -0.1) is 0 Å². The highest BCUT2D eigenvalue weighted by Gasteiger charge is 2.22. The molecular formula is C33H38ClN5O2. The Morgan fingerprint density at radius 2 is 1.51 bits per heavy atom. The molecule has 0 atom stereocenters. The number of rotatable bonds is 10. The summed E-state index contributed by atoms with van der Waals surface area (Å²) in [5, 5.41) is 11.4. The number of carbonyl (C=O) groups is 2. The molecule has 0 aliphatic carbocycles. The van der Waals surface area contributed by atoms with Gasteiger partial charge in [-0.2, -0.15) is 5.10 Å². The van der Waals surface area contributed by atoms with Crippen LogP contribution in [0.2, 0.25) is 5.02 Å². The number of anilines is 2. The van der Waals surface area contributed by atoms with Gasteiger partial charge in [0, 0.05) is 23.9 Å². The zero-order valence-corrected chi connectivity index (χ0v) is 25.1. The van der Waals surface area contributed by atoms with E-state index in [1.807, 2.05) is 79.7 Å². The Balaban J connectivity index is 1.59. The Morgan fingerprint density at radius 1 is 0.878 bits per heavy atom. The molecule has 1 aromatic heterocycles. The number of nitrogens with one attached hydrogen (secondary N) is 2. The summed E-state index contributed by atoms with van der Waals surface area (Å²) in [5.41, 5.74) is 5.21. The van der Waals surface area contributed by atoms with Gasteiger partial charge in [0.25, 0.3) is 0 Å². The molecule has 4 aromatic rings. The molecule has 0 saturated heterocycles. The molecule has 0 aliphatic rings. The minimum Gasteiger partial charge on any atom is -0.315 e. The number of halogens is 1. The Kier molecular flexibility index (Phi) is 9.84. The van der Waals surface area contributed by atoms with Crippen molar-refractivity contribution in [2.24, 2.45) is 0 Å². The molecule has 0 radical (unpaired) electrons. The molecule has 7 nitrogen and oxygen atoms in total. The van der Waals surface area contributed by atoms with Crippen LogP contribution in [0.3, 0.4) is 0 Å². The van der Waals surface area contributed by atoms with Gasteiger partial charge in [-0.1, -0.05) is 107 Å². The van der Waals surface area contributed by atoms with E-state index in [9.17, 15) is 9.59 Å². The van der Waals surface area contributed by atoms with E-state index in [2.05, 4.69) is 38.3 Å². The molecule has 214 valence electrons. The third-order valence-corrected chi connectivity index (χ3v) is 7.17. The lowest BCUT2D eigenvalue weighted by atomic mass is 9.93. The van der Waals surface area contributed by atoms with Gasteiger partial charge in [-0.05, 0) is 41.5 Å². The summed E-state index contributed by atoms with van der Waals surface area (Å²) in [5.74, 6) is 0.598. The second kappa shape index (κ2) is 13.5. The Labute approximate surface area is 247 Å². The normalized spacial score (nSPS) is 11.1. The number of urea groups is 1. The average molecular weight is 572 g/mol. The summed E-state index contributed by atoms with van der Waals surface area (Å²) in [6, 6.07) is 24.7. The number of carbonyl (C=O) groups excluding carboxylic acids is 2. The summed E-state index contributed by atoms with van der Waals surface area (Å²) in [6.45, 7) is 10.7. The standard InChI is InChI=1S/C33H38ClN5O2/c1-6-19-38(33(41)36-32-25(22(2)3)15-12-16-26(32)23(4)5)21-31(40)35-30-20-28(24-13-8-7-9-14-24)37-39(30)29-18-11-10-17-27(29)34/h7-18,20,22-23H,6,19,21H2,1-5H3,(H,35,40)(H,36,41). The van der Waals surface area contributed by atoms with Gasteiger partial charge in [0.2, 0.25) is 5.91 Å². The number of hydrogen-bond donors (Lipinski definition) is 2. The second-order valence-corrected chi connectivity index (χ2v) is 11.1. The number of aromatic nitrogens is 2. The minimum absolute atomic E-state index is 0.116. The maximum Gasteiger partial charge on any atom is 0.322 e. The summed E-state index contributed by atoms with van der Waals surface area (Å²) >= 11 is 6.50. The van der Waals surface area contributed by atoms with Crippen LogP contribution in [0.15, 0.2) is 78.9 Å². The molecule has 8 heteroatoms. The number of amides is 3. The summed E-state index contributed by atoms with van der Waals surface area (Å²) in [7, 11) is 0. The van der Waals surface area contributed by atoms with Gasteiger partial charge in [0.05, 0.1) is 16.4 Å². The fourth-order valence-electron chi connectivity index (χ4n) is 4.79. The molecule has 3 amide bonds. The fourth-order valence-corrected chi connectivity index (χ4v) is 5.00. The highest BCUT2D eigenvalue weighted by molar-refractivity contribution is 6.32. The topological polar surface area (TPSA) is 79.3 Å². The van der Waals surface area contributed by atoms with Gasteiger partial charge >= 0.3 is 6.03 Å². The van der Waals surface area contributed by atoms with Crippen LogP contribution in [0.4, 0.5) is 16.3 Å². The predicted molar refractivity (Wildman–Crippen MR) is 168 cm³/mol. The van der Waals surface area contributed by atoms with Crippen LogP contribution < -0.4 is 10.6 Å². The van der Waals surface area contributed by atoms with Gasteiger partial charge in [-0.25, -0.2) is 9.48 Å². The monoisotopic (exact) mass is 571 g/mol. The van der Waals surface area contributed by atoms with Crippen molar-refractivity contribution in [2.75, 3.05) is 23.7 Å². The van der Waals surface area contributed by atoms with E-state index in [0.717, 1.165) is 22.4 Å². The summed E-state index contributed by atoms with van der Waals surface area (Å²) in [4.78, 5) is 28.5. The predicted octanol–water partition coefficient (Wildman–Crippen LogP) is 8.32. The van der Waals surface area contributed by atoms with Crippen molar-refractivity contribution in [3.8, 4) is 16.9 Å². The molecule has 0 bridgehead atoms. The van der Waals surface area contributed by atoms with Crippen LogP contribution in [0.5, 0.6) is 0 Å². The lowest BCUT2D eigenvalue weighted by Crippen LogP contribution is -2.41. The Bertz CT molecular complexity index is 1470. The largest absolute Gasteiger partial charge is 0.322 e. The lowest BCUT2D eigenvalue weighted by molar-refractivity contribution is -0.116. The lowest BCUT2D eigenvalue weighted by Gasteiger charge is -2.25. The van der Waals surface area contributed by atoms with Gasteiger partial charge < -0.3 is 15.5 Å². The van der Waals surface area contributed by atoms with Gasteiger partial charge in [0.1, 0.15) is 12.4 Å². The van der Waals surface area contributed by atoms with Crippen molar-refractivity contribution >= 4 is 35.0 Å². The molecule has 0 fully saturated rings. The maximum absolute atomic E-state index is 13.6. The van der Waals surface area contributed by atoms with E-state index in [1.54, 1.807) is 15.6 Å². The van der Waals surface area contributed by atoms with Crippen LogP contribution in [-0.4, -0.2) is 39.7 Å². The average Bonchev–Trinajstić information content (AvgIpc) is 3.36. The van der Waals surface area contributed by atoms with Crippen molar-refractivity contribution in [3.63, 3.8) is 0 Å². The van der Waals surface area contributed by atoms with E-state index < -0.39 is 0 Å². The smallest absolute Gasteiger partial charge is 0.315 e. The molecular weight excluding hydrogens is 534 g/mol. The van der Waals surface area contributed by atoms with Crippen molar-refractivity contribution < 1.29 is 9.59 Å². The van der Waals surface area contributed by atoms with Crippen LogP contribution in [-0.2, 0) is 4.79 Å². The van der Waals surface area contributed by atoms with Gasteiger partial charge in [-0.3, -0.25) is 4.79 Å². The Morgan fingerprint density at radius 3 is 2.12 bits per heavy atom. The molecule has 2 N–H and O–H groups in total. The molecule has 4 rings (SSSR count). The van der Waals surface area contributed by atoms with E-state index in [0.29, 0.717) is 35.2 Å². The van der Waals surface area contributed by atoms with Crippen molar-refractivity contribution in [1.29, 1.82) is 0 Å². The number of benzene rings is 3. The van der Waals surface area contributed by atoms with E-state index in [4.69, 9.17) is 16.7 Å². The fraction of sp³-hybridized carbons (Fsp3) is 0.303. The van der Waals surface area contributed by atoms with Crippen LogP contribution >= 0.6 is 11.6 Å². The number of nitrogens with zero attached hydrogens (tertiary/aromatic N) is 3. The molecule has 0 aliphatic heterocycles. The number of para-hydroxylation sites is 2. The third kappa shape index (κ3) is 7.16. The first kappa shape index (κ1) is 29.9. The highest BCUT2D eigenvalue weighted by Crippen LogP contribution is 2.33. The SMILES string of the molecule is CCCN(CC(=O)Nc1cc(-c2ccccc2)nn1-c1ccccc1Cl)C(=O)Nc1c(C(C)C)cccc1C(C)C. The maximum atomic E-state index is 13.6. The van der Waals surface area contributed by atoms with Crippen molar-refractivity contribution in [1.82, 2.24) is 14.7 Å². The van der Waals surface area contributed by atoms with Crippen LogP contribution in [0, 0.1) is 0 Å². The first-order valence-corrected chi connectivity index (χ1v) is 14.5. The van der Waals surface area contributed by atoms with Crippen LogP contribution in [0.25, 0.3) is 16.9 Å². The minimum atomic E-state index is -0.331.